The van der Waals surface area contributed by atoms with Crippen LogP contribution in [0.1, 0.15) is 36.5 Å². The van der Waals surface area contributed by atoms with E-state index in [-0.39, 0.29) is 37.0 Å². The standard InChI is InChI=1S/C30H30Cl2N2O5S/c1-29(36)18-33(19-29)28(35)34-15-14-30(40(37,38)22-6-3-2-4-7-22)24-12-11-21(16-20(24)10-13-27(30)34)39-17-23-25(31)8-5-9-26(23)32/h2-9,11-12,16,27,36H,10,13-15,17-19H2,1H3/t27-,30-/m1/s1. The van der Waals surface area contributed by atoms with E-state index in [1.54, 1.807) is 71.3 Å². The van der Waals surface area contributed by atoms with Crippen LogP contribution in [0, 0.1) is 0 Å². The minimum Gasteiger partial charge on any atom is -0.489 e. The number of urea groups is 1. The summed E-state index contributed by atoms with van der Waals surface area (Å²) in [6.07, 6.45) is 1.37. The number of likely N-dealkylation sites (tertiary alicyclic amines) is 2. The minimum absolute atomic E-state index is 0.176. The van der Waals surface area contributed by atoms with Gasteiger partial charge in [-0.15, -0.1) is 0 Å². The Hall–Kier alpha value is -2.78. The number of ether oxygens (including phenoxy) is 1. The number of sulfone groups is 1. The molecule has 0 spiro atoms. The molecule has 0 unspecified atom stereocenters. The molecule has 0 bridgehead atoms. The van der Waals surface area contributed by atoms with Gasteiger partial charge >= 0.3 is 6.03 Å². The predicted molar refractivity (Wildman–Crippen MR) is 154 cm³/mol. The van der Waals surface area contributed by atoms with Gasteiger partial charge in [-0.2, -0.15) is 0 Å². The van der Waals surface area contributed by atoms with Gasteiger partial charge in [-0.1, -0.05) is 53.5 Å². The van der Waals surface area contributed by atoms with Crippen molar-refractivity contribution in [1.82, 2.24) is 9.80 Å². The quantitative estimate of drug-likeness (QED) is 0.421. The SMILES string of the molecule is CC1(O)CN(C(=O)N2CC[C@@]3(S(=O)(=O)c4ccccc4)c4ccc(OCc5c(Cl)cccc5Cl)cc4CC[C@@H]23)C1. The van der Waals surface area contributed by atoms with Crippen LogP contribution in [0.2, 0.25) is 10.0 Å². The van der Waals surface area contributed by atoms with Gasteiger partial charge < -0.3 is 19.6 Å². The number of carbonyl (C=O) groups is 1. The molecular formula is C30H30Cl2N2O5S. The van der Waals surface area contributed by atoms with E-state index < -0.39 is 26.2 Å². The molecule has 3 aromatic carbocycles. The first-order chi connectivity index (χ1) is 19.0. The van der Waals surface area contributed by atoms with Gasteiger partial charge in [0.25, 0.3) is 0 Å². The van der Waals surface area contributed by atoms with Crippen molar-refractivity contribution in [1.29, 1.82) is 0 Å². The van der Waals surface area contributed by atoms with Crippen LogP contribution in [0.15, 0.2) is 71.6 Å². The fourth-order valence-corrected chi connectivity index (χ4v) is 9.45. The molecule has 2 saturated heterocycles. The summed E-state index contributed by atoms with van der Waals surface area (Å²) in [4.78, 5) is 17.1. The third-order valence-corrected chi connectivity index (χ3v) is 11.7. The molecule has 10 heteroatoms. The highest BCUT2D eigenvalue weighted by atomic mass is 35.5. The Morgan fingerprint density at radius 1 is 1.05 bits per heavy atom. The molecule has 3 aromatic rings. The van der Waals surface area contributed by atoms with Gasteiger partial charge in [-0.05, 0) is 73.7 Å². The van der Waals surface area contributed by atoms with Crippen LogP contribution in [0.5, 0.6) is 5.75 Å². The molecule has 2 amide bonds. The van der Waals surface area contributed by atoms with Crippen LogP contribution < -0.4 is 4.74 Å². The summed E-state index contributed by atoms with van der Waals surface area (Å²) in [7, 11) is -3.89. The van der Waals surface area contributed by atoms with Crippen molar-refractivity contribution in [3.05, 3.63) is 93.5 Å². The average Bonchev–Trinajstić information content (AvgIpc) is 3.33. The van der Waals surface area contributed by atoms with Gasteiger partial charge in [-0.25, -0.2) is 13.2 Å². The number of hydrogen-bond acceptors (Lipinski definition) is 5. The number of aryl methyl sites for hydroxylation is 1. The normalized spacial score (nSPS) is 23.2. The molecule has 0 aromatic heterocycles. The van der Waals surface area contributed by atoms with Crippen LogP contribution in [0.4, 0.5) is 4.79 Å². The summed E-state index contributed by atoms with van der Waals surface area (Å²) < 4.78 is 33.8. The van der Waals surface area contributed by atoms with Crippen molar-refractivity contribution >= 4 is 39.1 Å². The highest BCUT2D eigenvalue weighted by Gasteiger charge is 2.61. The van der Waals surface area contributed by atoms with E-state index in [0.717, 1.165) is 5.56 Å². The molecule has 6 rings (SSSR count). The molecule has 7 nitrogen and oxygen atoms in total. The van der Waals surface area contributed by atoms with Gasteiger partial charge in [0.15, 0.2) is 9.84 Å². The molecule has 2 aliphatic heterocycles. The molecule has 210 valence electrons. The number of carbonyl (C=O) groups excluding carboxylic acids is 1. The number of amides is 2. The number of rotatable bonds is 5. The molecule has 40 heavy (non-hydrogen) atoms. The third kappa shape index (κ3) is 4.36. The highest BCUT2D eigenvalue weighted by molar-refractivity contribution is 7.92. The van der Waals surface area contributed by atoms with Crippen molar-refractivity contribution < 1.29 is 23.1 Å². The Labute approximate surface area is 244 Å². The summed E-state index contributed by atoms with van der Waals surface area (Å²) in [5.74, 6) is 0.592. The second-order valence-electron chi connectivity index (χ2n) is 11.1. The van der Waals surface area contributed by atoms with E-state index in [0.29, 0.717) is 46.3 Å². The maximum absolute atomic E-state index is 14.5. The van der Waals surface area contributed by atoms with Crippen molar-refractivity contribution in [3.63, 3.8) is 0 Å². The van der Waals surface area contributed by atoms with Gasteiger partial charge in [0.05, 0.1) is 29.6 Å². The number of β-amino-alcohol motifs (C(OH)–C–C–N with tert-alkyl or cyclic N) is 1. The zero-order valence-electron chi connectivity index (χ0n) is 22.0. The Morgan fingerprint density at radius 3 is 2.42 bits per heavy atom. The zero-order chi connectivity index (χ0) is 28.3. The molecule has 2 atom stereocenters. The zero-order valence-corrected chi connectivity index (χ0v) is 24.3. The second kappa shape index (κ2) is 9.94. The van der Waals surface area contributed by atoms with Crippen molar-refractivity contribution in [2.75, 3.05) is 19.6 Å². The molecule has 0 saturated carbocycles. The average molecular weight is 602 g/mol. The maximum atomic E-state index is 14.5. The molecule has 3 aliphatic rings. The first kappa shape index (κ1) is 27.4. The van der Waals surface area contributed by atoms with Crippen molar-refractivity contribution in [2.24, 2.45) is 0 Å². The molecule has 2 heterocycles. The first-order valence-corrected chi connectivity index (χ1v) is 15.5. The topological polar surface area (TPSA) is 87.2 Å². The largest absolute Gasteiger partial charge is 0.489 e. The summed E-state index contributed by atoms with van der Waals surface area (Å²) >= 11 is 12.6. The Bertz CT molecular complexity index is 1550. The summed E-state index contributed by atoms with van der Waals surface area (Å²) in [6, 6.07) is 18.5. The van der Waals surface area contributed by atoms with Crippen LogP contribution in [-0.4, -0.2) is 60.6 Å². The molecule has 0 radical (unpaired) electrons. The lowest BCUT2D eigenvalue weighted by atomic mass is 9.78. The predicted octanol–water partition coefficient (Wildman–Crippen LogP) is 5.45. The van der Waals surface area contributed by atoms with Crippen LogP contribution in [-0.2, 0) is 27.6 Å². The van der Waals surface area contributed by atoms with E-state index in [1.165, 1.54) is 0 Å². The third-order valence-electron chi connectivity index (χ3n) is 8.42. The number of benzene rings is 3. The van der Waals surface area contributed by atoms with Crippen molar-refractivity contribution in [2.45, 2.75) is 54.1 Å². The van der Waals surface area contributed by atoms with E-state index >= 15 is 0 Å². The Kier molecular flexibility index (Phi) is 6.81. The van der Waals surface area contributed by atoms with E-state index in [2.05, 4.69) is 0 Å². The van der Waals surface area contributed by atoms with Gasteiger partial charge in [0.1, 0.15) is 17.1 Å². The molecular weight excluding hydrogens is 571 g/mol. The fourth-order valence-electron chi connectivity index (χ4n) is 6.55. The first-order valence-electron chi connectivity index (χ1n) is 13.3. The van der Waals surface area contributed by atoms with Gasteiger partial charge in [-0.3, -0.25) is 0 Å². The molecule has 1 N–H and O–H groups in total. The Balaban J connectivity index is 1.37. The van der Waals surface area contributed by atoms with E-state index in [4.69, 9.17) is 27.9 Å². The maximum Gasteiger partial charge on any atom is 0.320 e. The lowest BCUT2D eigenvalue weighted by Gasteiger charge is -2.48. The smallest absolute Gasteiger partial charge is 0.320 e. The fraction of sp³-hybridized carbons (Fsp3) is 0.367. The number of aliphatic hydroxyl groups is 1. The summed E-state index contributed by atoms with van der Waals surface area (Å²) in [5, 5.41) is 11.2. The lowest BCUT2D eigenvalue weighted by molar-refractivity contribution is -0.0674. The summed E-state index contributed by atoms with van der Waals surface area (Å²) in [5.41, 5.74) is 1.37. The molecule has 2 fully saturated rings. The second-order valence-corrected chi connectivity index (χ2v) is 14.2. The van der Waals surface area contributed by atoms with E-state index in [1.807, 2.05) is 12.1 Å². The monoisotopic (exact) mass is 600 g/mol. The lowest BCUT2D eigenvalue weighted by Crippen LogP contribution is -2.65. The number of hydrogen-bond donors (Lipinski definition) is 1. The van der Waals surface area contributed by atoms with Crippen LogP contribution in [0.25, 0.3) is 0 Å². The van der Waals surface area contributed by atoms with Crippen LogP contribution in [0.3, 0.4) is 0 Å². The van der Waals surface area contributed by atoms with E-state index in [9.17, 15) is 18.3 Å². The van der Waals surface area contributed by atoms with Gasteiger partial charge in [0, 0.05) is 22.2 Å². The number of fused-ring (bicyclic) bond motifs is 3. The minimum atomic E-state index is -3.89. The van der Waals surface area contributed by atoms with Crippen LogP contribution >= 0.6 is 23.2 Å². The Morgan fingerprint density at radius 2 is 1.75 bits per heavy atom. The number of halogens is 2. The highest BCUT2D eigenvalue weighted by Crippen LogP contribution is 2.53. The summed E-state index contributed by atoms with van der Waals surface area (Å²) in [6.45, 7) is 2.66. The number of nitrogens with zero attached hydrogens (tertiary/aromatic N) is 2. The molecule has 1 aliphatic carbocycles. The van der Waals surface area contributed by atoms with Gasteiger partial charge in [0.2, 0.25) is 0 Å². The van der Waals surface area contributed by atoms with Crippen molar-refractivity contribution in [3.8, 4) is 5.75 Å².